The van der Waals surface area contributed by atoms with Crippen LogP contribution < -0.4 is 5.32 Å². The molecule has 0 aromatic heterocycles. The van der Waals surface area contributed by atoms with Gasteiger partial charge in [-0.1, -0.05) is 12.1 Å². The van der Waals surface area contributed by atoms with E-state index in [0.29, 0.717) is 22.9 Å². The van der Waals surface area contributed by atoms with Crippen LogP contribution in [0.1, 0.15) is 12.5 Å². The van der Waals surface area contributed by atoms with Gasteiger partial charge >= 0.3 is 0 Å². The average molecular weight is 277 g/mol. The third-order valence-electron chi connectivity index (χ3n) is 2.67. The Hall–Kier alpha value is -2.28. The molecule has 1 aliphatic heterocycles. The maximum atomic E-state index is 11.9. The van der Waals surface area contributed by atoms with E-state index in [9.17, 15) is 14.9 Å². The van der Waals surface area contributed by atoms with E-state index in [0.717, 1.165) is 0 Å². The standard InChI is InChI=1S/C12H11N3O3S/c1-2-14-11(16)10(13-12(14)19)7-8-4-3-5-9(6-8)15(17)18/h3-7H,2H2,1H3,(H,13,19)/b10-7+. The van der Waals surface area contributed by atoms with Gasteiger partial charge in [0, 0.05) is 18.7 Å². The predicted molar refractivity (Wildman–Crippen MR) is 74.2 cm³/mol. The summed E-state index contributed by atoms with van der Waals surface area (Å²) in [5.74, 6) is -0.223. The molecule has 1 aromatic rings. The lowest BCUT2D eigenvalue weighted by Crippen LogP contribution is -2.30. The molecule has 19 heavy (non-hydrogen) atoms. The Morgan fingerprint density at radius 3 is 2.84 bits per heavy atom. The minimum Gasteiger partial charge on any atom is -0.328 e. The van der Waals surface area contributed by atoms with E-state index in [1.165, 1.54) is 17.0 Å². The zero-order valence-corrected chi connectivity index (χ0v) is 10.9. The number of non-ortho nitro benzene ring substituents is 1. The Balaban J connectivity index is 2.32. The van der Waals surface area contributed by atoms with Crippen LogP contribution in [0, 0.1) is 10.1 Å². The fourth-order valence-electron chi connectivity index (χ4n) is 1.75. The molecule has 7 heteroatoms. The van der Waals surface area contributed by atoms with Gasteiger partial charge in [-0.15, -0.1) is 0 Å². The minimum absolute atomic E-state index is 0.0188. The lowest BCUT2D eigenvalue weighted by atomic mass is 10.1. The van der Waals surface area contributed by atoms with E-state index in [1.54, 1.807) is 18.2 Å². The molecule has 1 aliphatic rings. The van der Waals surface area contributed by atoms with Crippen molar-refractivity contribution in [1.29, 1.82) is 0 Å². The molecular weight excluding hydrogens is 266 g/mol. The first-order valence-corrected chi connectivity index (χ1v) is 6.02. The number of thiocarbonyl (C=S) groups is 1. The second-order valence-electron chi connectivity index (χ2n) is 3.89. The van der Waals surface area contributed by atoms with E-state index in [1.807, 2.05) is 6.92 Å². The molecule has 0 bridgehead atoms. The highest BCUT2D eigenvalue weighted by Gasteiger charge is 2.28. The van der Waals surface area contributed by atoms with E-state index < -0.39 is 4.92 Å². The third-order valence-corrected chi connectivity index (χ3v) is 2.99. The first kappa shape index (κ1) is 13.2. The van der Waals surface area contributed by atoms with Crippen LogP contribution in [0.25, 0.3) is 6.08 Å². The normalized spacial score (nSPS) is 16.9. The second kappa shape index (κ2) is 5.15. The molecule has 98 valence electrons. The topological polar surface area (TPSA) is 75.5 Å². The van der Waals surface area contributed by atoms with Crippen molar-refractivity contribution in [3.05, 3.63) is 45.6 Å². The van der Waals surface area contributed by atoms with Gasteiger partial charge in [-0.3, -0.25) is 19.8 Å². The average Bonchev–Trinajstić information content (AvgIpc) is 2.64. The molecule has 1 heterocycles. The highest BCUT2D eigenvalue weighted by molar-refractivity contribution is 7.80. The van der Waals surface area contributed by atoms with Gasteiger partial charge in [0.25, 0.3) is 11.6 Å². The van der Waals surface area contributed by atoms with Crippen molar-refractivity contribution in [2.45, 2.75) is 6.92 Å². The number of nitro groups is 1. The smallest absolute Gasteiger partial charge is 0.276 e. The molecule has 0 radical (unpaired) electrons. The number of nitro benzene ring substituents is 1. The first-order valence-electron chi connectivity index (χ1n) is 5.62. The fourth-order valence-corrected chi connectivity index (χ4v) is 2.08. The lowest BCUT2D eigenvalue weighted by molar-refractivity contribution is -0.384. The quantitative estimate of drug-likeness (QED) is 0.394. The van der Waals surface area contributed by atoms with Crippen molar-refractivity contribution < 1.29 is 9.72 Å². The maximum absolute atomic E-state index is 11.9. The summed E-state index contributed by atoms with van der Waals surface area (Å²) >= 11 is 5.02. The number of nitrogens with zero attached hydrogens (tertiary/aromatic N) is 2. The SMILES string of the molecule is CCN1C(=O)/C(=C\c2cccc([N+](=O)[O-])c2)NC1=S. The van der Waals surface area contributed by atoms with Gasteiger partial charge in [0.1, 0.15) is 5.70 Å². The molecule has 0 spiro atoms. The predicted octanol–water partition coefficient (Wildman–Crippen LogP) is 1.67. The molecular formula is C12H11N3O3S. The van der Waals surface area contributed by atoms with Crippen molar-refractivity contribution in [2.75, 3.05) is 6.54 Å². The minimum atomic E-state index is -0.477. The van der Waals surface area contributed by atoms with Gasteiger partial charge in [-0.2, -0.15) is 0 Å². The van der Waals surface area contributed by atoms with Crippen LogP contribution in [-0.4, -0.2) is 27.4 Å². The van der Waals surface area contributed by atoms with Crippen LogP contribution in [0.15, 0.2) is 30.0 Å². The van der Waals surface area contributed by atoms with Gasteiger partial charge in [0.15, 0.2) is 5.11 Å². The number of amides is 1. The van der Waals surface area contributed by atoms with Gasteiger partial charge in [0.2, 0.25) is 0 Å². The summed E-state index contributed by atoms with van der Waals surface area (Å²) in [6.07, 6.45) is 1.55. The van der Waals surface area contributed by atoms with E-state index in [-0.39, 0.29) is 11.6 Å². The maximum Gasteiger partial charge on any atom is 0.276 e. The zero-order valence-electron chi connectivity index (χ0n) is 10.1. The van der Waals surface area contributed by atoms with Crippen LogP contribution >= 0.6 is 12.2 Å². The van der Waals surface area contributed by atoms with Crippen LogP contribution in [-0.2, 0) is 4.79 Å². The van der Waals surface area contributed by atoms with Crippen molar-refractivity contribution in [3.8, 4) is 0 Å². The lowest BCUT2D eigenvalue weighted by Gasteiger charge is -2.08. The molecule has 1 aromatic carbocycles. The van der Waals surface area contributed by atoms with Crippen molar-refractivity contribution in [3.63, 3.8) is 0 Å². The Labute approximate surface area is 114 Å². The number of benzene rings is 1. The Morgan fingerprint density at radius 2 is 2.26 bits per heavy atom. The summed E-state index contributed by atoms with van der Waals surface area (Å²) in [6, 6.07) is 6.06. The number of likely N-dealkylation sites (N-methyl/N-ethyl adjacent to an activating group) is 1. The molecule has 1 fully saturated rings. The molecule has 0 aliphatic carbocycles. The molecule has 1 N–H and O–H groups in total. The van der Waals surface area contributed by atoms with Gasteiger partial charge in [-0.25, -0.2) is 0 Å². The Morgan fingerprint density at radius 1 is 1.53 bits per heavy atom. The molecule has 1 saturated heterocycles. The summed E-state index contributed by atoms with van der Waals surface area (Å²) < 4.78 is 0. The second-order valence-corrected chi connectivity index (χ2v) is 4.28. The summed E-state index contributed by atoms with van der Waals surface area (Å²) in [7, 11) is 0. The molecule has 6 nitrogen and oxygen atoms in total. The van der Waals surface area contributed by atoms with Crippen LogP contribution in [0.3, 0.4) is 0 Å². The fraction of sp³-hybridized carbons (Fsp3) is 0.167. The van der Waals surface area contributed by atoms with Gasteiger partial charge < -0.3 is 5.32 Å². The zero-order chi connectivity index (χ0) is 14.0. The summed E-state index contributed by atoms with van der Waals surface area (Å²) in [6.45, 7) is 2.30. The van der Waals surface area contributed by atoms with E-state index in [2.05, 4.69) is 5.32 Å². The van der Waals surface area contributed by atoms with Crippen molar-refractivity contribution in [2.24, 2.45) is 0 Å². The van der Waals surface area contributed by atoms with Gasteiger partial charge in [0.05, 0.1) is 4.92 Å². The molecule has 2 rings (SSSR count). The van der Waals surface area contributed by atoms with E-state index >= 15 is 0 Å². The molecule has 1 amide bonds. The van der Waals surface area contributed by atoms with Crippen LogP contribution in [0.5, 0.6) is 0 Å². The highest BCUT2D eigenvalue weighted by atomic mass is 32.1. The monoisotopic (exact) mass is 277 g/mol. The summed E-state index contributed by atoms with van der Waals surface area (Å²) in [4.78, 5) is 23.6. The van der Waals surface area contributed by atoms with Crippen LogP contribution in [0.2, 0.25) is 0 Å². The van der Waals surface area contributed by atoms with Crippen LogP contribution in [0.4, 0.5) is 5.69 Å². The third kappa shape index (κ3) is 2.60. The Kier molecular flexibility index (Phi) is 3.57. The van der Waals surface area contributed by atoms with Crippen molar-refractivity contribution >= 4 is 35.0 Å². The van der Waals surface area contributed by atoms with Gasteiger partial charge in [-0.05, 0) is 30.8 Å². The number of carbonyl (C=O) groups is 1. The first-order chi connectivity index (χ1) is 9.02. The number of carbonyl (C=O) groups excluding carboxylic acids is 1. The van der Waals surface area contributed by atoms with Crippen molar-refractivity contribution in [1.82, 2.24) is 10.2 Å². The summed E-state index contributed by atoms with van der Waals surface area (Å²) in [5.41, 5.74) is 0.882. The number of rotatable bonds is 3. The Bertz CT molecular complexity index is 598. The molecule has 0 atom stereocenters. The highest BCUT2D eigenvalue weighted by Crippen LogP contribution is 2.18. The number of hydrogen-bond acceptors (Lipinski definition) is 4. The largest absolute Gasteiger partial charge is 0.328 e. The molecule has 0 saturated carbocycles. The summed E-state index contributed by atoms with van der Waals surface area (Å²) in [5, 5.41) is 13.8. The van der Waals surface area contributed by atoms with E-state index in [4.69, 9.17) is 12.2 Å². The molecule has 0 unspecified atom stereocenters. The number of nitrogens with one attached hydrogen (secondary N) is 1. The number of hydrogen-bond donors (Lipinski definition) is 1.